The maximum Gasteiger partial charge on any atom is 0.354 e. The summed E-state index contributed by atoms with van der Waals surface area (Å²) in [6.07, 6.45) is 1.38. The number of hydrogen-bond acceptors (Lipinski definition) is 5. The summed E-state index contributed by atoms with van der Waals surface area (Å²) in [4.78, 5) is 19.5. The number of rotatable bonds is 5. The number of aromatic carboxylic acids is 1. The second-order valence-corrected chi connectivity index (χ2v) is 7.83. The largest absolute Gasteiger partial charge is 0.477 e. The van der Waals surface area contributed by atoms with Gasteiger partial charge in [0.15, 0.2) is 5.03 Å². The van der Waals surface area contributed by atoms with Crippen LogP contribution in [0.3, 0.4) is 0 Å². The van der Waals surface area contributed by atoms with Gasteiger partial charge in [0, 0.05) is 11.6 Å². The molecule has 2 N–H and O–H groups in total. The van der Waals surface area contributed by atoms with Crippen molar-refractivity contribution in [3.63, 3.8) is 0 Å². The highest BCUT2D eigenvalue weighted by Gasteiger charge is 2.19. The minimum atomic E-state index is -3.96. The van der Waals surface area contributed by atoms with Gasteiger partial charge in [-0.2, -0.15) is 8.42 Å². The van der Waals surface area contributed by atoms with Gasteiger partial charge in [0.05, 0.1) is 11.2 Å². The van der Waals surface area contributed by atoms with Crippen molar-refractivity contribution in [2.75, 3.05) is 4.72 Å². The van der Waals surface area contributed by atoms with E-state index in [0.29, 0.717) is 5.39 Å². The predicted molar refractivity (Wildman–Crippen MR) is 109 cm³/mol. The molecular weight excluding hydrogens is 390 g/mol. The van der Waals surface area contributed by atoms with E-state index in [2.05, 4.69) is 14.7 Å². The number of nitrogens with one attached hydrogen (secondary N) is 1. The number of pyridine rings is 2. The van der Waals surface area contributed by atoms with Crippen LogP contribution in [0.15, 0.2) is 84.0 Å². The molecule has 0 amide bonds. The Morgan fingerprint density at radius 2 is 1.66 bits per heavy atom. The fourth-order valence-corrected chi connectivity index (χ4v) is 4.01. The first-order valence-electron chi connectivity index (χ1n) is 8.62. The van der Waals surface area contributed by atoms with E-state index in [4.69, 9.17) is 0 Å². The highest BCUT2D eigenvalue weighted by atomic mass is 32.2. The Morgan fingerprint density at radius 3 is 2.34 bits per heavy atom. The van der Waals surface area contributed by atoms with Crippen molar-refractivity contribution in [1.82, 2.24) is 9.97 Å². The second kappa shape index (κ2) is 7.33. The maximum atomic E-state index is 12.7. The molecule has 0 radical (unpaired) electrons. The van der Waals surface area contributed by atoms with Gasteiger partial charge in [-0.3, -0.25) is 4.72 Å². The van der Waals surface area contributed by atoms with Crippen molar-refractivity contribution in [1.29, 1.82) is 0 Å². The number of benzene rings is 2. The quantitative estimate of drug-likeness (QED) is 0.523. The smallest absolute Gasteiger partial charge is 0.354 e. The average molecular weight is 405 g/mol. The van der Waals surface area contributed by atoms with Gasteiger partial charge in [-0.1, -0.05) is 42.5 Å². The van der Waals surface area contributed by atoms with E-state index in [0.717, 1.165) is 11.1 Å². The van der Waals surface area contributed by atoms with E-state index in [1.54, 1.807) is 30.3 Å². The number of carboxylic acid groups (broad SMARTS) is 1. The number of aromatic nitrogens is 2. The van der Waals surface area contributed by atoms with Gasteiger partial charge in [-0.15, -0.1) is 0 Å². The van der Waals surface area contributed by atoms with Gasteiger partial charge < -0.3 is 5.11 Å². The SMILES string of the molecule is O=C(O)c1ccc2c(-c3ccccc3)ccc(NS(=O)(=O)c3ccccn3)c2n1. The first-order valence-corrected chi connectivity index (χ1v) is 10.1. The zero-order valence-electron chi connectivity index (χ0n) is 15.0. The van der Waals surface area contributed by atoms with E-state index in [-0.39, 0.29) is 21.9 Å². The molecule has 7 nitrogen and oxygen atoms in total. The zero-order valence-corrected chi connectivity index (χ0v) is 15.8. The summed E-state index contributed by atoms with van der Waals surface area (Å²) in [5.74, 6) is -1.20. The van der Waals surface area contributed by atoms with Crippen LogP contribution in [0, 0.1) is 0 Å². The van der Waals surface area contributed by atoms with Crippen LogP contribution in [0.25, 0.3) is 22.0 Å². The van der Waals surface area contributed by atoms with E-state index in [9.17, 15) is 18.3 Å². The van der Waals surface area contributed by atoms with Gasteiger partial charge >= 0.3 is 5.97 Å². The van der Waals surface area contributed by atoms with Gasteiger partial charge in [0.2, 0.25) is 0 Å². The summed E-state index contributed by atoms with van der Waals surface area (Å²) in [5.41, 5.74) is 1.95. The molecule has 4 aromatic rings. The number of sulfonamides is 1. The Kier molecular flexibility index (Phi) is 4.69. The molecule has 29 heavy (non-hydrogen) atoms. The standard InChI is InChI=1S/C21H15N3O4S/c25-21(26)18-12-10-16-15(14-6-2-1-3-7-14)9-11-17(20(16)23-18)24-29(27,28)19-8-4-5-13-22-19/h1-13,24H,(H,25,26). The summed E-state index contributed by atoms with van der Waals surface area (Å²) in [6, 6.07) is 20.4. The van der Waals surface area contributed by atoms with Crippen LogP contribution in [0.1, 0.15) is 10.5 Å². The summed E-state index contributed by atoms with van der Waals surface area (Å²) < 4.78 is 27.9. The first-order chi connectivity index (χ1) is 14.0. The average Bonchev–Trinajstić information content (AvgIpc) is 2.74. The van der Waals surface area contributed by atoms with Gasteiger partial charge in [0.25, 0.3) is 10.0 Å². The molecule has 0 aliphatic heterocycles. The fraction of sp³-hybridized carbons (Fsp3) is 0. The number of anilines is 1. The minimum Gasteiger partial charge on any atom is -0.477 e. The number of hydrogen-bond donors (Lipinski definition) is 2. The zero-order chi connectivity index (χ0) is 20.4. The molecule has 2 heterocycles. The molecule has 0 spiro atoms. The molecular formula is C21H15N3O4S. The molecule has 0 aliphatic rings. The lowest BCUT2D eigenvalue weighted by Crippen LogP contribution is -2.15. The highest BCUT2D eigenvalue weighted by molar-refractivity contribution is 7.92. The van der Waals surface area contributed by atoms with Crippen molar-refractivity contribution in [3.05, 3.63) is 84.7 Å². The third-order valence-electron chi connectivity index (χ3n) is 4.32. The number of fused-ring (bicyclic) bond motifs is 1. The Morgan fingerprint density at radius 1 is 0.897 bits per heavy atom. The monoisotopic (exact) mass is 405 g/mol. The molecule has 2 aromatic heterocycles. The number of carboxylic acids is 1. The summed E-state index contributed by atoms with van der Waals surface area (Å²) in [5, 5.41) is 9.80. The summed E-state index contributed by atoms with van der Waals surface area (Å²) in [6.45, 7) is 0. The van der Waals surface area contributed by atoms with Gasteiger partial charge in [-0.25, -0.2) is 14.8 Å². The van der Waals surface area contributed by atoms with E-state index in [1.807, 2.05) is 30.3 Å². The van der Waals surface area contributed by atoms with Crippen molar-refractivity contribution < 1.29 is 18.3 Å². The Hall–Kier alpha value is -3.78. The molecule has 0 atom stereocenters. The van der Waals surface area contributed by atoms with Gasteiger partial charge in [-0.05, 0) is 41.5 Å². The number of carbonyl (C=O) groups is 1. The molecule has 0 aliphatic carbocycles. The molecule has 8 heteroatoms. The number of nitrogens with zero attached hydrogens (tertiary/aromatic N) is 2. The van der Waals surface area contributed by atoms with Crippen LogP contribution in [0.5, 0.6) is 0 Å². The Labute approximate surface area is 166 Å². The highest BCUT2D eigenvalue weighted by Crippen LogP contribution is 2.33. The summed E-state index contributed by atoms with van der Waals surface area (Å²) in [7, 11) is -3.96. The van der Waals surface area contributed by atoms with Crippen LogP contribution in [-0.4, -0.2) is 29.5 Å². The van der Waals surface area contributed by atoms with Crippen molar-refractivity contribution in [2.24, 2.45) is 0 Å². The Balaban J connectivity index is 1.90. The van der Waals surface area contributed by atoms with E-state index < -0.39 is 16.0 Å². The van der Waals surface area contributed by atoms with Crippen LogP contribution in [0.2, 0.25) is 0 Å². The van der Waals surface area contributed by atoms with Crippen molar-refractivity contribution in [2.45, 2.75) is 5.03 Å². The fourth-order valence-electron chi connectivity index (χ4n) is 2.99. The minimum absolute atomic E-state index is 0.144. The lowest BCUT2D eigenvalue weighted by atomic mass is 9.99. The molecule has 2 aromatic carbocycles. The lowest BCUT2D eigenvalue weighted by molar-refractivity contribution is 0.0691. The topological polar surface area (TPSA) is 109 Å². The van der Waals surface area contributed by atoms with Crippen LogP contribution in [0.4, 0.5) is 5.69 Å². The van der Waals surface area contributed by atoms with E-state index in [1.165, 1.54) is 18.3 Å². The van der Waals surface area contributed by atoms with Crippen LogP contribution >= 0.6 is 0 Å². The normalized spacial score (nSPS) is 11.3. The van der Waals surface area contributed by atoms with Gasteiger partial charge in [0.1, 0.15) is 5.69 Å². The van der Waals surface area contributed by atoms with Crippen molar-refractivity contribution >= 4 is 32.6 Å². The Bertz CT molecular complexity index is 1310. The third kappa shape index (κ3) is 3.65. The maximum absolute atomic E-state index is 12.7. The first kappa shape index (κ1) is 18.6. The summed E-state index contributed by atoms with van der Waals surface area (Å²) >= 11 is 0. The van der Waals surface area contributed by atoms with E-state index >= 15 is 0 Å². The molecule has 0 fully saturated rings. The predicted octanol–water partition coefficient (Wildman–Crippen LogP) is 3.80. The van der Waals surface area contributed by atoms with Crippen molar-refractivity contribution in [3.8, 4) is 11.1 Å². The third-order valence-corrected chi connectivity index (χ3v) is 5.60. The van der Waals surface area contributed by atoms with Crippen LogP contribution < -0.4 is 4.72 Å². The van der Waals surface area contributed by atoms with Crippen LogP contribution in [-0.2, 0) is 10.0 Å². The molecule has 0 unspecified atom stereocenters. The molecule has 144 valence electrons. The molecule has 0 bridgehead atoms. The lowest BCUT2D eigenvalue weighted by Gasteiger charge is -2.13. The molecule has 0 saturated carbocycles. The molecule has 0 saturated heterocycles. The second-order valence-electron chi connectivity index (χ2n) is 6.20. The molecule has 4 rings (SSSR count).